The Morgan fingerprint density at radius 1 is 0.875 bits per heavy atom. The highest BCUT2D eigenvalue weighted by atomic mass is 16.5. The molecule has 0 unspecified atom stereocenters. The first-order valence-electron chi connectivity index (χ1n) is 9.94. The molecule has 0 atom stereocenters. The van der Waals surface area contributed by atoms with Crippen molar-refractivity contribution < 1.29 is 19.0 Å². The molecule has 4 aromatic rings. The molecule has 2 aromatic heterocycles. The maximum absolute atomic E-state index is 12.5. The van der Waals surface area contributed by atoms with Crippen LogP contribution in [0, 0.1) is 6.92 Å². The number of hydrogen-bond donors (Lipinski definition) is 2. The van der Waals surface area contributed by atoms with Crippen molar-refractivity contribution in [2.45, 2.75) is 6.92 Å². The van der Waals surface area contributed by atoms with Crippen LogP contribution >= 0.6 is 0 Å². The van der Waals surface area contributed by atoms with Gasteiger partial charge in [0, 0.05) is 35.8 Å². The van der Waals surface area contributed by atoms with Crippen LogP contribution in [0.3, 0.4) is 0 Å². The summed E-state index contributed by atoms with van der Waals surface area (Å²) < 4.78 is 17.9. The summed E-state index contributed by atoms with van der Waals surface area (Å²) in [6, 6.07) is 14.5. The number of carbonyl (C=O) groups excluding carboxylic acids is 1. The second kappa shape index (κ2) is 8.89. The van der Waals surface area contributed by atoms with Crippen LogP contribution in [0.25, 0.3) is 16.9 Å². The highest BCUT2D eigenvalue weighted by molar-refractivity contribution is 6.00. The molecule has 0 aliphatic heterocycles. The first-order chi connectivity index (χ1) is 15.5. The Bertz CT molecular complexity index is 1240. The lowest BCUT2D eigenvalue weighted by atomic mass is 10.1. The predicted molar refractivity (Wildman–Crippen MR) is 124 cm³/mol. The van der Waals surface area contributed by atoms with Crippen molar-refractivity contribution in [2.75, 3.05) is 32.0 Å². The molecule has 2 aromatic carbocycles. The van der Waals surface area contributed by atoms with Crippen molar-refractivity contribution >= 4 is 23.1 Å². The Kier molecular flexibility index (Phi) is 5.85. The molecule has 0 aliphatic rings. The van der Waals surface area contributed by atoms with Crippen molar-refractivity contribution in [1.82, 2.24) is 9.38 Å². The minimum Gasteiger partial charge on any atom is -0.493 e. The number of nitrogens with one attached hydrogen (secondary N) is 2. The van der Waals surface area contributed by atoms with Gasteiger partial charge < -0.3 is 29.2 Å². The van der Waals surface area contributed by atoms with Gasteiger partial charge in [0.15, 0.2) is 11.5 Å². The number of benzene rings is 2. The molecule has 0 spiro atoms. The predicted octanol–water partition coefficient (Wildman–Crippen LogP) is 4.98. The van der Waals surface area contributed by atoms with Gasteiger partial charge in [-0.3, -0.25) is 0 Å². The van der Waals surface area contributed by atoms with Crippen LogP contribution in [0.15, 0.2) is 60.9 Å². The number of ether oxygens (including phenoxy) is 3. The summed E-state index contributed by atoms with van der Waals surface area (Å²) in [5, 5.41) is 5.60. The molecule has 8 heteroatoms. The van der Waals surface area contributed by atoms with Crippen LogP contribution < -0.4 is 24.8 Å². The third kappa shape index (κ3) is 4.29. The lowest BCUT2D eigenvalue weighted by molar-refractivity contribution is 0.262. The van der Waals surface area contributed by atoms with E-state index in [0.29, 0.717) is 28.6 Å². The molecule has 0 saturated heterocycles. The third-order valence-corrected chi connectivity index (χ3v) is 4.98. The van der Waals surface area contributed by atoms with Gasteiger partial charge in [-0.2, -0.15) is 0 Å². The molecule has 0 saturated carbocycles. The molecule has 0 bridgehead atoms. The minimum absolute atomic E-state index is 0.393. The number of rotatable bonds is 6. The minimum atomic E-state index is -0.393. The average molecular weight is 432 g/mol. The van der Waals surface area contributed by atoms with Crippen molar-refractivity contribution in [2.24, 2.45) is 0 Å². The van der Waals surface area contributed by atoms with Crippen molar-refractivity contribution in [1.29, 1.82) is 0 Å². The number of aromatic nitrogens is 2. The molecule has 2 amide bonds. The Morgan fingerprint density at radius 2 is 1.53 bits per heavy atom. The third-order valence-electron chi connectivity index (χ3n) is 4.98. The van der Waals surface area contributed by atoms with Gasteiger partial charge in [-0.15, -0.1) is 0 Å². The summed E-state index contributed by atoms with van der Waals surface area (Å²) in [7, 11) is 4.57. The zero-order valence-corrected chi connectivity index (χ0v) is 18.3. The molecular weight excluding hydrogens is 408 g/mol. The number of imidazole rings is 1. The standard InChI is InChI=1S/C24H24N4O4/c1-15-9-10-28-14-19(27-22(28)11-15)16-5-7-17(8-6-16)25-24(29)26-18-12-20(30-2)23(32-4)21(13-18)31-3/h5-14H,1-4H3,(H2,25,26,29). The smallest absolute Gasteiger partial charge is 0.323 e. The average Bonchev–Trinajstić information content (AvgIpc) is 3.21. The lowest BCUT2D eigenvalue weighted by Crippen LogP contribution is -2.19. The number of fused-ring (bicyclic) bond motifs is 1. The van der Waals surface area contributed by atoms with Crippen LogP contribution in [0.5, 0.6) is 17.2 Å². The Hall–Kier alpha value is -4.20. The number of carbonyl (C=O) groups is 1. The van der Waals surface area contributed by atoms with Gasteiger partial charge >= 0.3 is 6.03 Å². The van der Waals surface area contributed by atoms with Crippen molar-refractivity contribution in [3.8, 4) is 28.5 Å². The van der Waals surface area contributed by atoms with Crippen LogP contribution in [0.1, 0.15) is 5.56 Å². The Labute approximate surface area is 185 Å². The number of urea groups is 1. The molecule has 0 fully saturated rings. The maximum Gasteiger partial charge on any atom is 0.323 e. The lowest BCUT2D eigenvalue weighted by Gasteiger charge is -2.15. The van der Waals surface area contributed by atoms with Gasteiger partial charge in [0.1, 0.15) is 5.65 Å². The summed E-state index contributed by atoms with van der Waals surface area (Å²) in [6.45, 7) is 2.04. The van der Waals surface area contributed by atoms with E-state index >= 15 is 0 Å². The fourth-order valence-corrected chi connectivity index (χ4v) is 3.39. The normalized spacial score (nSPS) is 10.6. The van der Waals surface area contributed by atoms with Gasteiger partial charge in [0.2, 0.25) is 5.75 Å². The largest absolute Gasteiger partial charge is 0.493 e. The zero-order valence-electron chi connectivity index (χ0n) is 18.3. The number of anilines is 2. The number of nitrogens with zero attached hydrogens (tertiary/aromatic N) is 2. The SMILES string of the molecule is COc1cc(NC(=O)Nc2ccc(-c3cn4ccc(C)cc4n3)cc2)cc(OC)c1OC. The first-order valence-corrected chi connectivity index (χ1v) is 9.94. The van der Waals surface area contributed by atoms with Crippen LogP contribution in [-0.2, 0) is 0 Å². The highest BCUT2D eigenvalue weighted by Crippen LogP contribution is 2.40. The van der Waals surface area contributed by atoms with Gasteiger partial charge in [0.05, 0.1) is 32.7 Å². The van der Waals surface area contributed by atoms with Gasteiger partial charge in [-0.25, -0.2) is 9.78 Å². The van der Waals surface area contributed by atoms with E-state index in [1.807, 2.05) is 60.1 Å². The summed E-state index contributed by atoms with van der Waals surface area (Å²) in [6.07, 6.45) is 3.97. The number of pyridine rings is 1. The number of methoxy groups -OCH3 is 3. The molecule has 0 radical (unpaired) electrons. The summed E-state index contributed by atoms with van der Waals surface area (Å²) in [5.74, 6) is 1.36. The van der Waals surface area contributed by atoms with Crippen molar-refractivity contribution in [3.63, 3.8) is 0 Å². The van der Waals surface area contributed by atoms with Gasteiger partial charge in [-0.1, -0.05) is 12.1 Å². The van der Waals surface area contributed by atoms with E-state index in [1.165, 1.54) is 21.3 Å². The molecule has 2 heterocycles. The van der Waals surface area contributed by atoms with E-state index < -0.39 is 6.03 Å². The first kappa shape index (κ1) is 21.0. The highest BCUT2D eigenvalue weighted by Gasteiger charge is 2.14. The van der Waals surface area contributed by atoms with Crippen LogP contribution in [0.2, 0.25) is 0 Å². The molecule has 8 nitrogen and oxygen atoms in total. The van der Waals surface area contributed by atoms with E-state index in [-0.39, 0.29) is 0 Å². The van der Waals surface area contributed by atoms with Crippen LogP contribution in [0.4, 0.5) is 16.2 Å². The van der Waals surface area contributed by atoms with Gasteiger partial charge in [-0.05, 0) is 36.8 Å². The van der Waals surface area contributed by atoms with Crippen molar-refractivity contribution in [3.05, 3.63) is 66.5 Å². The zero-order chi connectivity index (χ0) is 22.7. The summed E-state index contributed by atoms with van der Waals surface area (Å²) in [4.78, 5) is 17.2. The molecule has 0 aliphatic carbocycles. The Balaban J connectivity index is 1.47. The quantitative estimate of drug-likeness (QED) is 0.449. The monoisotopic (exact) mass is 432 g/mol. The van der Waals surface area contributed by atoms with Crippen LogP contribution in [-0.4, -0.2) is 36.7 Å². The second-order valence-electron chi connectivity index (χ2n) is 7.17. The molecule has 32 heavy (non-hydrogen) atoms. The van der Waals surface area contributed by atoms with E-state index in [0.717, 1.165) is 22.5 Å². The Morgan fingerprint density at radius 3 is 2.16 bits per heavy atom. The van der Waals surface area contributed by atoms with E-state index in [4.69, 9.17) is 14.2 Å². The topological polar surface area (TPSA) is 86.1 Å². The molecule has 2 N–H and O–H groups in total. The summed E-state index contributed by atoms with van der Waals surface area (Å²) >= 11 is 0. The second-order valence-corrected chi connectivity index (χ2v) is 7.17. The number of aryl methyl sites for hydroxylation is 1. The number of hydrogen-bond acceptors (Lipinski definition) is 5. The fraction of sp³-hybridized carbons (Fsp3) is 0.167. The van der Waals surface area contributed by atoms with E-state index in [9.17, 15) is 4.79 Å². The molecule has 4 rings (SSSR count). The summed E-state index contributed by atoms with van der Waals surface area (Å²) in [5.41, 5.74) is 5.04. The van der Waals surface area contributed by atoms with Gasteiger partial charge in [0.25, 0.3) is 0 Å². The number of amides is 2. The van der Waals surface area contributed by atoms with E-state index in [2.05, 4.69) is 15.6 Å². The fourth-order valence-electron chi connectivity index (χ4n) is 3.39. The molecule has 164 valence electrons. The molecular formula is C24H24N4O4. The maximum atomic E-state index is 12.5. The van der Waals surface area contributed by atoms with E-state index in [1.54, 1.807) is 12.1 Å².